The number of aliphatic carboxylic acids is 1. The monoisotopic (exact) mass is 414 g/mol. The third kappa shape index (κ3) is 6.72. The van der Waals surface area contributed by atoms with Crippen molar-refractivity contribution < 1.29 is 33.9 Å². The minimum Gasteiger partial charge on any atom is -0.480 e. The average molecular weight is 414 g/mol. The van der Waals surface area contributed by atoms with Gasteiger partial charge in [0, 0.05) is 11.8 Å². The molecule has 0 aliphatic rings. The number of amides is 1. The number of carboxylic acids is 1. The summed E-state index contributed by atoms with van der Waals surface area (Å²) >= 11 is 0.869. The molecule has 0 unspecified atom stereocenters. The fraction of sp³-hybridized carbons (Fsp3) is 0.471. The standard InChI is InChI=1S/C17H22N2O8S/c1-9-6-13(12(19(24)25)7-10(9)15(22)26-5)28-8-11(14(20)21)18-16(23)27-17(2,3)4/h6-7,11H,8H2,1-5H3,(H,18,23)(H,20,21)/t11-/m0/s1. The van der Waals surface area contributed by atoms with Gasteiger partial charge in [0.1, 0.15) is 11.6 Å². The number of carboxylic acid groups (broad SMARTS) is 1. The van der Waals surface area contributed by atoms with E-state index in [9.17, 15) is 29.6 Å². The second kappa shape index (κ2) is 9.40. The SMILES string of the molecule is COC(=O)c1cc([N+](=O)[O-])c(SC[C@H](NC(=O)OC(C)(C)C)C(=O)O)cc1C. The molecule has 0 saturated heterocycles. The maximum Gasteiger partial charge on any atom is 0.408 e. The van der Waals surface area contributed by atoms with E-state index in [4.69, 9.17) is 4.74 Å². The molecule has 11 heteroatoms. The maximum absolute atomic E-state index is 11.8. The van der Waals surface area contributed by atoms with Crippen molar-refractivity contribution in [1.29, 1.82) is 0 Å². The third-order valence-corrected chi connectivity index (χ3v) is 4.44. The van der Waals surface area contributed by atoms with Gasteiger partial charge in [-0.1, -0.05) is 0 Å². The Morgan fingerprint density at radius 3 is 2.39 bits per heavy atom. The van der Waals surface area contributed by atoms with Crippen LogP contribution in [0.3, 0.4) is 0 Å². The number of esters is 1. The average Bonchev–Trinajstić information content (AvgIpc) is 2.55. The predicted octanol–water partition coefficient (Wildman–Crippen LogP) is 2.76. The number of nitrogens with one attached hydrogen (secondary N) is 1. The summed E-state index contributed by atoms with van der Waals surface area (Å²) in [4.78, 5) is 45.8. The molecule has 0 bridgehead atoms. The zero-order chi connectivity index (χ0) is 21.6. The van der Waals surface area contributed by atoms with Crippen molar-refractivity contribution in [3.8, 4) is 0 Å². The molecule has 1 rings (SSSR count). The van der Waals surface area contributed by atoms with Gasteiger partial charge in [-0.25, -0.2) is 14.4 Å². The third-order valence-electron chi connectivity index (χ3n) is 3.30. The van der Waals surface area contributed by atoms with Crippen LogP contribution in [0.25, 0.3) is 0 Å². The van der Waals surface area contributed by atoms with Crippen LogP contribution in [-0.2, 0) is 14.3 Å². The van der Waals surface area contributed by atoms with Crippen molar-refractivity contribution in [2.24, 2.45) is 0 Å². The van der Waals surface area contributed by atoms with Crippen LogP contribution < -0.4 is 5.32 Å². The number of benzene rings is 1. The van der Waals surface area contributed by atoms with Crippen molar-refractivity contribution in [2.75, 3.05) is 12.9 Å². The van der Waals surface area contributed by atoms with Crippen molar-refractivity contribution in [3.63, 3.8) is 0 Å². The van der Waals surface area contributed by atoms with Crippen molar-refractivity contribution >= 4 is 35.5 Å². The first kappa shape index (κ1) is 23.2. The minimum absolute atomic E-state index is 0.0419. The molecule has 1 aromatic rings. The fourth-order valence-electron chi connectivity index (χ4n) is 2.06. The summed E-state index contributed by atoms with van der Waals surface area (Å²) in [6.45, 7) is 6.47. The van der Waals surface area contributed by atoms with Crippen LogP contribution in [0, 0.1) is 17.0 Å². The van der Waals surface area contributed by atoms with Gasteiger partial charge in [-0.3, -0.25) is 10.1 Å². The molecule has 1 amide bonds. The molecule has 1 aromatic carbocycles. The quantitative estimate of drug-likeness (QED) is 0.298. The number of thioether (sulfide) groups is 1. The van der Waals surface area contributed by atoms with Gasteiger partial charge >= 0.3 is 18.0 Å². The predicted molar refractivity (Wildman–Crippen MR) is 101 cm³/mol. The molecule has 0 radical (unpaired) electrons. The molecular formula is C17H22N2O8S. The highest BCUT2D eigenvalue weighted by Gasteiger charge is 2.26. The van der Waals surface area contributed by atoms with Crippen LogP contribution in [0.4, 0.5) is 10.5 Å². The smallest absolute Gasteiger partial charge is 0.408 e. The fourth-order valence-corrected chi connectivity index (χ4v) is 3.17. The van der Waals surface area contributed by atoms with E-state index in [1.165, 1.54) is 6.07 Å². The zero-order valence-electron chi connectivity index (χ0n) is 16.1. The highest BCUT2D eigenvalue weighted by Crippen LogP contribution is 2.32. The number of alkyl carbamates (subject to hydrolysis) is 1. The molecule has 28 heavy (non-hydrogen) atoms. The Morgan fingerprint density at radius 2 is 1.93 bits per heavy atom. The Hall–Kier alpha value is -2.82. The number of nitrogens with zero attached hydrogens (tertiary/aromatic N) is 1. The normalized spacial score (nSPS) is 12.0. The van der Waals surface area contributed by atoms with E-state index in [-0.39, 0.29) is 21.9 Å². The highest BCUT2D eigenvalue weighted by atomic mass is 32.2. The number of carbonyl (C=O) groups is 3. The summed E-state index contributed by atoms with van der Waals surface area (Å²) in [5.74, 6) is -2.22. The summed E-state index contributed by atoms with van der Waals surface area (Å²) in [6, 6.07) is 1.15. The highest BCUT2D eigenvalue weighted by molar-refractivity contribution is 7.99. The molecule has 10 nitrogen and oxygen atoms in total. The van der Waals surface area contributed by atoms with Gasteiger partial charge in [0.25, 0.3) is 5.69 Å². The number of ether oxygens (including phenoxy) is 2. The minimum atomic E-state index is -1.33. The summed E-state index contributed by atoms with van der Waals surface area (Å²) in [5, 5.41) is 22.9. The molecule has 0 aromatic heterocycles. The van der Waals surface area contributed by atoms with Gasteiger partial charge in [0.05, 0.1) is 22.5 Å². The van der Waals surface area contributed by atoms with Crippen molar-refractivity contribution in [2.45, 2.75) is 44.2 Å². The van der Waals surface area contributed by atoms with Crippen molar-refractivity contribution in [3.05, 3.63) is 33.4 Å². The Bertz CT molecular complexity index is 788. The molecule has 0 heterocycles. The maximum atomic E-state index is 11.8. The molecule has 0 aliphatic heterocycles. The van der Waals surface area contributed by atoms with E-state index in [0.717, 1.165) is 24.9 Å². The van der Waals surface area contributed by atoms with Gasteiger partial charge < -0.3 is 19.9 Å². The molecule has 0 fully saturated rings. The summed E-state index contributed by atoms with van der Waals surface area (Å²) in [7, 11) is 1.16. The van der Waals surface area contributed by atoms with Crippen LogP contribution in [-0.4, -0.2) is 52.6 Å². The lowest BCUT2D eigenvalue weighted by molar-refractivity contribution is -0.387. The zero-order valence-corrected chi connectivity index (χ0v) is 16.9. The Balaban J connectivity index is 3.03. The molecular weight excluding hydrogens is 392 g/mol. The van der Waals surface area contributed by atoms with E-state index in [1.807, 2.05) is 0 Å². The number of nitro groups is 1. The van der Waals surface area contributed by atoms with Gasteiger partial charge in [-0.05, 0) is 39.3 Å². The number of hydrogen-bond donors (Lipinski definition) is 2. The first-order valence-electron chi connectivity index (χ1n) is 8.08. The van der Waals surface area contributed by atoms with Gasteiger partial charge in [-0.2, -0.15) is 0 Å². The molecule has 0 spiro atoms. The molecule has 154 valence electrons. The van der Waals surface area contributed by atoms with Gasteiger partial charge in [-0.15, -0.1) is 11.8 Å². The van der Waals surface area contributed by atoms with Crippen LogP contribution in [0.15, 0.2) is 17.0 Å². The van der Waals surface area contributed by atoms with E-state index >= 15 is 0 Å². The van der Waals surface area contributed by atoms with Crippen molar-refractivity contribution in [1.82, 2.24) is 5.32 Å². The van der Waals surface area contributed by atoms with Crippen LogP contribution in [0.5, 0.6) is 0 Å². The molecule has 0 aliphatic carbocycles. The molecule has 2 N–H and O–H groups in total. The van der Waals surface area contributed by atoms with Crippen LogP contribution in [0.2, 0.25) is 0 Å². The van der Waals surface area contributed by atoms with E-state index in [2.05, 4.69) is 10.1 Å². The Labute approximate surface area is 165 Å². The number of methoxy groups -OCH3 is 1. The van der Waals surface area contributed by atoms with E-state index < -0.39 is 34.6 Å². The van der Waals surface area contributed by atoms with Crippen LogP contribution >= 0.6 is 11.8 Å². The Kier molecular flexibility index (Phi) is 7.79. The first-order valence-corrected chi connectivity index (χ1v) is 9.06. The number of hydrogen-bond acceptors (Lipinski definition) is 8. The topological polar surface area (TPSA) is 145 Å². The second-order valence-corrected chi connectivity index (χ2v) is 7.79. The van der Waals surface area contributed by atoms with Gasteiger partial charge in [0.15, 0.2) is 0 Å². The largest absolute Gasteiger partial charge is 0.480 e. The van der Waals surface area contributed by atoms with E-state index in [0.29, 0.717) is 5.56 Å². The number of aryl methyl sites for hydroxylation is 1. The van der Waals surface area contributed by atoms with Gasteiger partial charge in [0.2, 0.25) is 0 Å². The molecule has 0 saturated carbocycles. The van der Waals surface area contributed by atoms with Crippen LogP contribution in [0.1, 0.15) is 36.7 Å². The summed E-state index contributed by atoms with van der Waals surface area (Å²) < 4.78 is 9.62. The first-order chi connectivity index (χ1) is 12.9. The lowest BCUT2D eigenvalue weighted by atomic mass is 10.1. The number of rotatable bonds is 7. The summed E-state index contributed by atoms with van der Waals surface area (Å²) in [5.41, 5.74) is -0.690. The lowest BCUT2D eigenvalue weighted by Crippen LogP contribution is -2.44. The number of nitro benzene ring substituents is 1. The lowest BCUT2D eigenvalue weighted by Gasteiger charge is -2.21. The second-order valence-electron chi connectivity index (χ2n) is 6.73. The number of carbonyl (C=O) groups excluding carboxylic acids is 2. The van der Waals surface area contributed by atoms with E-state index in [1.54, 1.807) is 27.7 Å². The Morgan fingerprint density at radius 1 is 1.32 bits per heavy atom. The molecule has 1 atom stereocenters. The summed E-state index contributed by atoms with van der Waals surface area (Å²) in [6.07, 6.45) is -0.910.